The molecule has 4 aromatic rings. The van der Waals surface area contributed by atoms with Crippen LogP contribution in [0.5, 0.6) is 0 Å². The highest BCUT2D eigenvalue weighted by atomic mass is 35.5. The lowest BCUT2D eigenvalue weighted by Gasteiger charge is -2.23. The molecule has 1 heterocycles. The first-order valence-electron chi connectivity index (χ1n) is 13.2. The molecule has 40 heavy (non-hydrogen) atoms. The minimum atomic E-state index is -0.397. The average Bonchev–Trinajstić information content (AvgIpc) is 3.28. The van der Waals surface area contributed by atoms with Crippen LogP contribution in [0.25, 0.3) is 5.69 Å². The van der Waals surface area contributed by atoms with Gasteiger partial charge in [-0.15, -0.1) is 0 Å². The van der Waals surface area contributed by atoms with E-state index in [2.05, 4.69) is 17.3 Å². The van der Waals surface area contributed by atoms with Crippen LogP contribution < -0.4 is 15.8 Å². The first kappa shape index (κ1) is 30.1. The Hall–Kier alpha value is -2.90. The van der Waals surface area contributed by atoms with Crippen molar-refractivity contribution >= 4 is 69.5 Å². The smallest absolute Gasteiger partial charge is 0.273 e. The molecule has 0 fully saturated rings. The molecule has 0 radical (unpaired) electrons. The molecule has 1 amide bonds. The van der Waals surface area contributed by atoms with E-state index in [0.717, 1.165) is 24.9 Å². The molecular formula is C30H30Cl4N4O2. The van der Waals surface area contributed by atoms with Crippen molar-refractivity contribution in [1.29, 1.82) is 0 Å². The average molecular weight is 620 g/mol. The highest BCUT2D eigenvalue weighted by Crippen LogP contribution is 2.32. The van der Waals surface area contributed by atoms with Crippen LogP contribution in [0.15, 0.2) is 71.5 Å². The number of amides is 1. The summed E-state index contributed by atoms with van der Waals surface area (Å²) in [4.78, 5) is 28.3. The van der Waals surface area contributed by atoms with Crippen LogP contribution in [-0.2, 0) is 0 Å². The number of rotatable bonds is 12. The number of unbranched alkanes of at least 4 members (excludes halogenated alkanes) is 5. The molecule has 1 aromatic heterocycles. The molecule has 0 bridgehead atoms. The van der Waals surface area contributed by atoms with E-state index in [4.69, 9.17) is 46.4 Å². The van der Waals surface area contributed by atoms with E-state index < -0.39 is 5.56 Å². The summed E-state index contributed by atoms with van der Waals surface area (Å²) in [6, 6.07) is 19.0. The van der Waals surface area contributed by atoms with Crippen molar-refractivity contribution in [2.24, 2.45) is 0 Å². The van der Waals surface area contributed by atoms with Crippen LogP contribution in [-0.4, -0.2) is 22.2 Å². The molecule has 4 rings (SSSR count). The topological polar surface area (TPSA) is 70.1 Å². The summed E-state index contributed by atoms with van der Waals surface area (Å²) in [6.45, 7) is 2.81. The Labute approximate surface area is 253 Å². The lowest BCUT2D eigenvalue weighted by atomic mass is 10.1. The van der Waals surface area contributed by atoms with Gasteiger partial charge in [-0.1, -0.05) is 104 Å². The standard InChI is InChI=1S/C30H30Cl4N4O2/c1-2-3-4-5-6-10-15-37(22-11-8-7-9-12-22)30(40)20-13-14-23(32)26(16-20)35-27-19-28(39)38(36-27)29-24(33)17-21(31)18-25(29)34/h7-9,11-14,16-19,35-36H,2-6,10,15H2,1H3. The summed E-state index contributed by atoms with van der Waals surface area (Å²) < 4.78 is 1.21. The minimum absolute atomic E-state index is 0.134. The molecule has 210 valence electrons. The quantitative estimate of drug-likeness (QED) is 0.155. The van der Waals surface area contributed by atoms with Gasteiger partial charge in [0.15, 0.2) is 0 Å². The fourth-order valence-electron chi connectivity index (χ4n) is 4.44. The molecule has 0 atom stereocenters. The molecule has 0 unspecified atom stereocenters. The number of H-pyrrole nitrogens is 1. The number of carbonyl (C=O) groups excluding carboxylic acids is 1. The summed E-state index contributed by atoms with van der Waals surface area (Å²) in [5, 5.41) is 7.22. The van der Waals surface area contributed by atoms with E-state index >= 15 is 0 Å². The van der Waals surface area contributed by atoms with Crippen molar-refractivity contribution in [2.45, 2.75) is 45.4 Å². The van der Waals surface area contributed by atoms with Crippen LogP contribution in [0.4, 0.5) is 17.2 Å². The number of para-hydroxylation sites is 1. The monoisotopic (exact) mass is 618 g/mol. The maximum Gasteiger partial charge on any atom is 0.273 e. The number of aromatic nitrogens is 2. The summed E-state index contributed by atoms with van der Waals surface area (Å²) >= 11 is 25.1. The van der Waals surface area contributed by atoms with Gasteiger partial charge in [0.05, 0.1) is 20.8 Å². The predicted octanol–water partition coefficient (Wildman–Crippen LogP) is 9.53. The zero-order chi connectivity index (χ0) is 28.6. The summed E-state index contributed by atoms with van der Waals surface area (Å²) in [5.41, 5.74) is 1.64. The van der Waals surface area contributed by atoms with Crippen molar-refractivity contribution in [3.63, 3.8) is 0 Å². The van der Waals surface area contributed by atoms with Crippen LogP contribution in [0.2, 0.25) is 20.1 Å². The second-order valence-corrected chi connectivity index (χ2v) is 11.1. The number of nitrogens with zero attached hydrogens (tertiary/aromatic N) is 2. The van der Waals surface area contributed by atoms with Crippen molar-refractivity contribution in [2.75, 3.05) is 16.8 Å². The normalized spacial score (nSPS) is 11.0. The van der Waals surface area contributed by atoms with Gasteiger partial charge in [0.25, 0.3) is 11.5 Å². The second kappa shape index (κ2) is 14.1. The molecule has 3 aromatic carbocycles. The summed E-state index contributed by atoms with van der Waals surface area (Å²) in [7, 11) is 0. The molecule has 2 N–H and O–H groups in total. The maximum atomic E-state index is 13.7. The fourth-order valence-corrected chi connectivity index (χ4v) is 5.59. The Morgan fingerprint density at radius 3 is 2.23 bits per heavy atom. The van der Waals surface area contributed by atoms with Crippen molar-refractivity contribution in [3.05, 3.63) is 103 Å². The van der Waals surface area contributed by atoms with Gasteiger partial charge in [0.2, 0.25) is 0 Å². The number of hydrogen-bond acceptors (Lipinski definition) is 3. The first-order valence-corrected chi connectivity index (χ1v) is 14.7. The number of nitrogens with one attached hydrogen (secondary N) is 2. The third kappa shape index (κ3) is 7.43. The van der Waals surface area contributed by atoms with E-state index in [9.17, 15) is 9.59 Å². The van der Waals surface area contributed by atoms with Gasteiger partial charge in [0.1, 0.15) is 11.5 Å². The molecule has 0 saturated carbocycles. The van der Waals surface area contributed by atoms with Crippen LogP contribution in [0.3, 0.4) is 0 Å². The lowest BCUT2D eigenvalue weighted by molar-refractivity contribution is 0.0986. The van der Waals surface area contributed by atoms with Crippen molar-refractivity contribution in [1.82, 2.24) is 9.78 Å². The highest BCUT2D eigenvalue weighted by molar-refractivity contribution is 6.40. The van der Waals surface area contributed by atoms with Crippen LogP contribution in [0, 0.1) is 0 Å². The van der Waals surface area contributed by atoms with Gasteiger partial charge in [-0.25, -0.2) is 4.68 Å². The number of benzene rings is 3. The van der Waals surface area contributed by atoms with E-state index in [1.54, 1.807) is 23.1 Å². The Bertz CT molecular complexity index is 1490. The van der Waals surface area contributed by atoms with E-state index in [0.29, 0.717) is 33.7 Å². The van der Waals surface area contributed by atoms with Gasteiger partial charge in [0, 0.05) is 28.9 Å². The van der Waals surface area contributed by atoms with Crippen LogP contribution in [0.1, 0.15) is 55.8 Å². The second-order valence-electron chi connectivity index (χ2n) is 9.44. The molecule has 10 heteroatoms. The molecule has 0 saturated heterocycles. The lowest BCUT2D eigenvalue weighted by Crippen LogP contribution is -2.32. The Morgan fingerprint density at radius 1 is 0.850 bits per heavy atom. The van der Waals surface area contributed by atoms with Crippen molar-refractivity contribution in [3.8, 4) is 5.69 Å². The number of hydrogen-bond donors (Lipinski definition) is 2. The van der Waals surface area contributed by atoms with Gasteiger partial charge in [-0.2, -0.15) is 0 Å². The Balaban J connectivity index is 1.56. The van der Waals surface area contributed by atoms with Gasteiger partial charge >= 0.3 is 0 Å². The number of halogens is 4. The number of anilines is 3. The zero-order valence-corrected chi connectivity index (χ0v) is 25.0. The Morgan fingerprint density at radius 2 is 1.52 bits per heavy atom. The van der Waals surface area contributed by atoms with Crippen LogP contribution >= 0.6 is 46.4 Å². The fraction of sp³-hybridized carbons (Fsp3) is 0.267. The maximum absolute atomic E-state index is 13.7. The van der Waals surface area contributed by atoms with E-state index in [-0.39, 0.29) is 21.6 Å². The van der Waals surface area contributed by atoms with Crippen molar-refractivity contribution < 1.29 is 4.79 Å². The molecule has 0 aliphatic carbocycles. The first-order chi connectivity index (χ1) is 19.3. The van der Waals surface area contributed by atoms with Gasteiger partial charge in [-0.05, 0) is 48.9 Å². The third-order valence-corrected chi connectivity index (χ3v) is 7.58. The van der Waals surface area contributed by atoms with E-state index in [1.165, 1.54) is 42.1 Å². The third-order valence-electron chi connectivity index (χ3n) is 6.46. The summed E-state index contributed by atoms with van der Waals surface area (Å²) in [6.07, 6.45) is 6.77. The van der Waals surface area contributed by atoms with Gasteiger partial charge in [-0.3, -0.25) is 14.7 Å². The number of aromatic amines is 1. The molecule has 6 nitrogen and oxygen atoms in total. The zero-order valence-electron chi connectivity index (χ0n) is 22.0. The minimum Gasteiger partial charge on any atom is -0.339 e. The molecular weight excluding hydrogens is 590 g/mol. The molecule has 0 spiro atoms. The highest BCUT2D eigenvalue weighted by Gasteiger charge is 2.20. The molecule has 0 aliphatic rings. The van der Waals surface area contributed by atoms with E-state index in [1.807, 2.05) is 30.3 Å². The summed E-state index contributed by atoms with van der Waals surface area (Å²) in [5.74, 6) is 0.204. The number of carbonyl (C=O) groups is 1. The largest absolute Gasteiger partial charge is 0.339 e. The SMILES string of the molecule is CCCCCCCCN(C(=O)c1ccc(Cl)c(Nc2cc(=O)n(-c3c(Cl)cc(Cl)cc3Cl)[nH]2)c1)c1ccccc1. The molecule has 0 aliphatic heterocycles. The predicted molar refractivity (Wildman–Crippen MR) is 168 cm³/mol. The van der Waals surface area contributed by atoms with Gasteiger partial charge < -0.3 is 10.2 Å². The Kier molecular flexibility index (Phi) is 10.6.